The fourth-order valence-corrected chi connectivity index (χ4v) is 4.37. The number of halogens is 1. The van der Waals surface area contributed by atoms with Gasteiger partial charge >= 0.3 is 0 Å². The number of carbonyl (C=O) groups is 1. The molecule has 2 aromatic heterocycles. The zero-order valence-corrected chi connectivity index (χ0v) is 21.1. The van der Waals surface area contributed by atoms with Gasteiger partial charge < -0.3 is 5.32 Å². The SMILES string of the molecule is C=CCn1nc(SCC(=O)Nc2c(C)n(C)n(-c3ccccc3)c2=O)nc1-c1ccc(Br)cc1. The minimum Gasteiger partial charge on any atom is -0.319 e. The van der Waals surface area contributed by atoms with E-state index in [-0.39, 0.29) is 22.9 Å². The summed E-state index contributed by atoms with van der Waals surface area (Å²) in [5.74, 6) is 0.456. The summed E-state index contributed by atoms with van der Waals surface area (Å²) in [4.78, 5) is 30.3. The van der Waals surface area contributed by atoms with E-state index in [0.717, 1.165) is 15.7 Å². The number of thioether (sulfide) groups is 1. The molecule has 0 spiro atoms. The third kappa shape index (κ3) is 4.92. The molecule has 1 N–H and O–H groups in total. The van der Waals surface area contributed by atoms with Crippen LogP contribution in [0.2, 0.25) is 0 Å². The standard InChI is InChI=1S/C24H23BrN6O2S/c1-4-14-30-22(17-10-12-18(25)13-11-17)27-24(28-30)34-15-20(32)26-21-16(2)29(3)31(23(21)33)19-8-6-5-7-9-19/h4-13H,1,14-15H2,2-3H3,(H,26,32). The zero-order valence-electron chi connectivity index (χ0n) is 18.7. The third-order valence-corrected chi connectivity index (χ3v) is 6.57. The van der Waals surface area contributed by atoms with Crippen molar-refractivity contribution in [1.29, 1.82) is 0 Å². The molecule has 34 heavy (non-hydrogen) atoms. The molecular formula is C24H23BrN6O2S. The molecule has 0 aliphatic carbocycles. The van der Waals surface area contributed by atoms with Gasteiger partial charge in [0.25, 0.3) is 5.56 Å². The lowest BCUT2D eigenvalue weighted by atomic mass is 10.2. The fourth-order valence-electron chi connectivity index (χ4n) is 3.46. The molecule has 2 heterocycles. The highest BCUT2D eigenvalue weighted by Crippen LogP contribution is 2.24. The van der Waals surface area contributed by atoms with Gasteiger partial charge in [0.2, 0.25) is 11.1 Å². The van der Waals surface area contributed by atoms with Gasteiger partial charge in [-0.2, -0.15) is 0 Å². The summed E-state index contributed by atoms with van der Waals surface area (Å²) < 4.78 is 5.97. The Morgan fingerprint density at radius 3 is 2.56 bits per heavy atom. The molecule has 0 saturated carbocycles. The summed E-state index contributed by atoms with van der Waals surface area (Å²) in [7, 11) is 1.79. The maximum Gasteiger partial charge on any atom is 0.295 e. The Kier molecular flexibility index (Phi) is 7.18. The van der Waals surface area contributed by atoms with E-state index in [0.29, 0.717) is 23.2 Å². The summed E-state index contributed by atoms with van der Waals surface area (Å²) >= 11 is 4.65. The van der Waals surface area contributed by atoms with Crippen molar-refractivity contribution in [1.82, 2.24) is 24.1 Å². The molecule has 2 aromatic carbocycles. The molecule has 0 atom stereocenters. The first kappa shape index (κ1) is 23.8. The number of amides is 1. The average molecular weight is 539 g/mol. The summed E-state index contributed by atoms with van der Waals surface area (Å²) in [6.07, 6.45) is 1.74. The van der Waals surface area contributed by atoms with Gasteiger partial charge in [-0.3, -0.25) is 14.3 Å². The molecule has 0 aliphatic heterocycles. The van der Waals surface area contributed by atoms with Crippen LogP contribution in [0, 0.1) is 6.92 Å². The fraction of sp³-hybridized carbons (Fsp3) is 0.167. The van der Waals surface area contributed by atoms with Crippen molar-refractivity contribution in [2.24, 2.45) is 7.05 Å². The first-order chi connectivity index (χ1) is 16.4. The van der Waals surface area contributed by atoms with E-state index in [1.54, 1.807) is 29.4 Å². The number of para-hydroxylation sites is 1. The number of allylic oxidation sites excluding steroid dienone is 1. The number of aromatic nitrogens is 5. The van der Waals surface area contributed by atoms with Crippen LogP contribution in [-0.4, -0.2) is 35.8 Å². The molecule has 8 nitrogen and oxygen atoms in total. The lowest BCUT2D eigenvalue weighted by molar-refractivity contribution is -0.113. The van der Waals surface area contributed by atoms with E-state index in [2.05, 4.69) is 37.9 Å². The van der Waals surface area contributed by atoms with Crippen LogP contribution in [-0.2, 0) is 18.4 Å². The van der Waals surface area contributed by atoms with Gasteiger partial charge in [-0.15, -0.1) is 11.7 Å². The van der Waals surface area contributed by atoms with Crippen molar-refractivity contribution in [3.8, 4) is 17.1 Å². The Balaban J connectivity index is 1.50. The van der Waals surface area contributed by atoms with Crippen molar-refractivity contribution < 1.29 is 4.79 Å². The van der Waals surface area contributed by atoms with E-state index >= 15 is 0 Å². The molecule has 1 amide bonds. The van der Waals surface area contributed by atoms with Gasteiger partial charge in [0.1, 0.15) is 5.69 Å². The highest BCUT2D eigenvalue weighted by Gasteiger charge is 2.19. The second kappa shape index (κ2) is 10.3. The molecule has 0 saturated heterocycles. The summed E-state index contributed by atoms with van der Waals surface area (Å²) in [5, 5.41) is 7.75. The first-order valence-electron chi connectivity index (χ1n) is 10.5. The van der Waals surface area contributed by atoms with E-state index < -0.39 is 0 Å². The second-order valence-corrected chi connectivity index (χ2v) is 9.33. The Hall–Kier alpha value is -3.37. The van der Waals surface area contributed by atoms with E-state index in [4.69, 9.17) is 0 Å². The van der Waals surface area contributed by atoms with E-state index in [9.17, 15) is 9.59 Å². The molecule has 0 fully saturated rings. The van der Waals surface area contributed by atoms with Crippen LogP contribution in [0.5, 0.6) is 0 Å². The predicted molar refractivity (Wildman–Crippen MR) is 138 cm³/mol. The number of rotatable bonds is 8. The summed E-state index contributed by atoms with van der Waals surface area (Å²) in [6.45, 7) is 6.07. The Labute approximate surface area is 209 Å². The number of hydrogen-bond acceptors (Lipinski definition) is 5. The van der Waals surface area contributed by atoms with E-state index in [1.165, 1.54) is 16.4 Å². The van der Waals surface area contributed by atoms with Crippen LogP contribution >= 0.6 is 27.7 Å². The maximum atomic E-state index is 13.0. The highest BCUT2D eigenvalue weighted by atomic mass is 79.9. The van der Waals surface area contributed by atoms with Crippen LogP contribution in [0.4, 0.5) is 5.69 Å². The van der Waals surface area contributed by atoms with Crippen molar-refractivity contribution in [2.45, 2.75) is 18.6 Å². The molecule has 4 aromatic rings. The van der Waals surface area contributed by atoms with Crippen molar-refractivity contribution in [2.75, 3.05) is 11.1 Å². The molecular weight excluding hydrogens is 516 g/mol. The van der Waals surface area contributed by atoms with Gasteiger partial charge in [0.05, 0.1) is 23.7 Å². The van der Waals surface area contributed by atoms with E-state index in [1.807, 2.05) is 54.6 Å². The van der Waals surface area contributed by atoms with Gasteiger partial charge in [0.15, 0.2) is 5.82 Å². The Morgan fingerprint density at radius 1 is 1.18 bits per heavy atom. The van der Waals surface area contributed by atoms with Crippen LogP contribution in [0.15, 0.2) is 81.7 Å². The monoisotopic (exact) mass is 538 g/mol. The number of hydrogen-bond donors (Lipinski definition) is 1. The Bertz CT molecular complexity index is 1390. The minimum absolute atomic E-state index is 0.0665. The predicted octanol–water partition coefficient (Wildman–Crippen LogP) is 4.42. The first-order valence-corrected chi connectivity index (χ1v) is 12.2. The largest absolute Gasteiger partial charge is 0.319 e. The molecule has 0 aliphatic rings. The normalized spacial score (nSPS) is 10.9. The molecule has 4 rings (SSSR count). The van der Waals surface area contributed by atoms with Crippen molar-refractivity contribution in [3.05, 3.63) is 87.8 Å². The molecule has 0 radical (unpaired) electrons. The smallest absolute Gasteiger partial charge is 0.295 e. The number of nitrogens with zero attached hydrogens (tertiary/aromatic N) is 5. The van der Waals surface area contributed by atoms with Crippen LogP contribution < -0.4 is 10.9 Å². The third-order valence-electron chi connectivity index (χ3n) is 5.21. The molecule has 0 unspecified atom stereocenters. The number of anilines is 1. The quantitative estimate of drug-likeness (QED) is 0.265. The van der Waals surface area contributed by atoms with Crippen LogP contribution in [0.1, 0.15) is 5.69 Å². The van der Waals surface area contributed by atoms with Gasteiger partial charge in [-0.05, 0) is 31.2 Å². The lowest BCUT2D eigenvalue weighted by Crippen LogP contribution is -2.23. The van der Waals surface area contributed by atoms with Gasteiger partial charge in [-0.1, -0.05) is 64.1 Å². The number of benzene rings is 2. The summed E-state index contributed by atoms with van der Waals surface area (Å²) in [5.41, 5.74) is 2.28. The molecule has 10 heteroatoms. The average Bonchev–Trinajstić information content (AvgIpc) is 3.33. The van der Waals surface area contributed by atoms with Gasteiger partial charge in [-0.25, -0.2) is 14.3 Å². The van der Waals surface area contributed by atoms with Crippen molar-refractivity contribution >= 4 is 39.3 Å². The number of carbonyl (C=O) groups excluding carboxylic acids is 1. The summed E-state index contributed by atoms with van der Waals surface area (Å²) in [6, 6.07) is 17.1. The van der Waals surface area contributed by atoms with Crippen molar-refractivity contribution in [3.63, 3.8) is 0 Å². The lowest BCUT2D eigenvalue weighted by Gasteiger charge is -2.07. The van der Waals surface area contributed by atoms with Crippen LogP contribution in [0.3, 0.4) is 0 Å². The highest BCUT2D eigenvalue weighted by molar-refractivity contribution is 9.10. The van der Waals surface area contributed by atoms with Crippen LogP contribution in [0.25, 0.3) is 17.1 Å². The second-order valence-electron chi connectivity index (χ2n) is 7.47. The Morgan fingerprint density at radius 2 is 1.88 bits per heavy atom. The number of nitrogens with one attached hydrogen (secondary N) is 1. The zero-order chi connectivity index (χ0) is 24.2. The topological polar surface area (TPSA) is 86.7 Å². The molecule has 0 bridgehead atoms. The maximum absolute atomic E-state index is 13.0. The van der Waals surface area contributed by atoms with Gasteiger partial charge in [0, 0.05) is 17.1 Å². The minimum atomic E-state index is -0.304. The molecule has 174 valence electrons.